The average Bonchev–Trinajstić information content (AvgIpc) is 2.55. The number of carbonyl (C=O) groups is 2. The van der Waals surface area contributed by atoms with Crippen LogP contribution in [-0.2, 0) is 11.2 Å². The fourth-order valence-corrected chi connectivity index (χ4v) is 2.64. The van der Waals surface area contributed by atoms with Gasteiger partial charge in [-0.3, -0.25) is 9.59 Å². The van der Waals surface area contributed by atoms with Gasteiger partial charge >= 0.3 is 0 Å². The first-order chi connectivity index (χ1) is 12.0. The molecule has 0 unspecified atom stereocenters. The van der Waals surface area contributed by atoms with Crippen LogP contribution in [0.1, 0.15) is 42.6 Å². The van der Waals surface area contributed by atoms with Crippen molar-refractivity contribution >= 4 is 29.1 Å². The van der Waals surface area contributed by atoms with Crippen LogP contribution in [0, 0.1) is 0 Å². The van der Waals surface area contributed by atoms with Gasteiger partial charge in [-0.2, -0.15) is 0 Å². The predicted octanol–water partition coefficient (Wildman–Crippen LogP) is 4.44. The van der Waals surface area contributed by atoms with Crippen LogP contribution in [0.2, 0.25) is 5.02 Å². The molecule has 0 atom stereocenters. The van der Waals surface area contributed by atoms with Gasteiger partial charge in [0.25, 0.3) is 5.91 Å². The monoisotopic (exact) mass is 358 g/mol. The van der Waals surface area contributed by atoms with Gasteiger partial charge in [0.15, 0.2) is 0 Å². The Morgan fingerprint density at radius 2 is 1.80 bits per heavy atom. The van der Waals surface area contributed by atoms with Crippen molar-refractivity contribution in [2.24, 2.45) is 0 Å². The molecule has 0 aliphatic rings. The molecule has 0 saturated heterocycles. The standard InChI is InChI=1S/C20H23ClN2O2/c1-14(2)22-20(25)17-12-11-16(21)13-18(17)23-19(24)10-6-9-15-7-4-3-5-8-15/h3-5,7-8,11-14H,6,9-10H2,1-2H3,(H,22,25)(H,23,24). The summed E-state index contributed by atoms with van der Waals surface area (Å²) in [5.74, 6) is -0.358. The summed E-state index contributed by atoms with van der Waals surface area (Å²) in [4.78, 5) is 24.5. The maximum Gasteiger partial charge on any atom is 0.253 e. The second-order valence-electron chi connectivity index (χ2n) is 6.21. The molecule has 25 heavy (non-hydrogen) atoms. The van der Waals surface area contributed by atoms with E-state index in [1.807, 2.05) is 44.2 Å². The van der Waals surface area contributed by atoms with Crippen LogP contribution in [0.3, 0.4) is 0 Å². The van der Waals surface area contributed by atoms with Crippen LogP contribution >= 0.6 is 11.6 Å². The van der Waals surface area contributed by atoms with Gasteiger partial charge in [0.1, 0.15) is 0 Å². The molecule has 0 saturated carbocycles. The Kier molecular flexibility index (Phi) is 7.02. The topological polar surface area (TPSA) is 58.2 Å². The molecule has 0 aliphatic carbocycles. The van der Waals surface area contributed by atoms with Gasteiger partial charge in [0, 0.05) is 17.5 Å². The summed E-state index contributed by atoms with van der Waals surface area (Å²) in [6.07, 6.45) is 1.96. The molecular formula is C20H23ClN2O2. The van der Waals surface area contributed by atoms with E-state index in [4.69, 9.17) is 11.6 Å². The number of aryl methyl sites for hydroxylation is 1. The first-order valence-corrected chi connectivity index (χ1v) is 8.77. The Hall–Kier alpha value is -2.33. The molecule has 132 valence electrons. The van der Waals surface area contributed by atoms with E-state index in [0.29, 0.717) is 22.7 Å². The molecule has 2 N–H and O–H groups in total. The van der Waals surface area contributed by atoms with Crippen molar-refractivity contribution in [3.8, 4) is 0 Å². The lowest BCUT2D eigenvalue weighted by molar-refractivity contribution is -0.116. The van der Waals surface area contributed by atoms with E-state index in [-0.39, 0.29) is 17.9 Å². The van der Waals surface area contributed by atoms with Crippen molar-refractivity contribution < 1.29 is 9.59 Å². The fourth-order valence-electron chi connectivity index (χ4n) is 2.47. The van der Waals surface area contributed by atoms with Crippen LogP contribution in [0.5, 0.6) is 0 Å². The molecular weight excluding hydrogens is 336 g/mol. The van der Waals surface area contributed by atoms with Crippen LogP contribution in [0.25, 0.3) is 0 Å². The molecule has 2 amide bonds. The number of benzene rings is 2. The molecule has 0 bridgehead atoms. The number of rotatable bonds is 7. The Labute approximate surface area is 153 Å². The number of anilines is 1. The van der Waals surface area contributed by atoms with E-state index in [1.54, 1.807) is 18.2 Å². The van der Waals surface area contributed by atoms with Gasteiger partial charge in [-0.1, -0.05) is 41.9 Å². The van der Waals surface area contributed by atoms with Crippen molar-refractivity contribution in [1.29, 1.82) is 0 Å². The highest BCUT2D eigenvalue weighted by atomic mass is 35.5. The van der Waals surface area contributed by atoms with Gasteiger partial charge < -0.3 is 10.6 Å². The molecule has 4 nitrogen and oxygen atoms in total. The fraction of sp³-hybridized carbons (Fsp3) is 0.300. The number of hydrogen-bond donors (Lipinski definition) is 2. The third kappa shape index (κ3) is 6.24. The van der Waals surface area contributed by atoms with E-state index < -0.39 is 0 Å². The summed E-state index contributed by atoms with van der Waals surface area (Å²) in [5, 5.41) is 6.10. The molecule has 0 fully saturated rings. The lowest BCUT2D eigenvalue weighted by atomic mass is 10.1. The van der Waals surface area contributed by atoms with Crippen LogP contribution in [0.15, 0.2) is 48.5 Å². The Morgan fingerprint density at radius 3 is 2.48 bits per heavy atom. The molecule has 0 heterocycles. The number of nitrogens with one attached hydrogen (secondary N) is 2. The molecule has 5 heteroatoms. The summed E-state index contributed by atoms with van der Waals surface area (Å²) >= 11 is 6.01. The maximum atomic E-state index is 12.3. The van der Waals surface area contributed by atoms with Crippen LogP contribution < -0.4 is 10.6 Å². The number of amides is 2. The zero-order chi connectivity index (χ0) is 18.2. The number of hydrogen-bond acceptors (Lipinski definition) is 2. The summed E-state index contributed by atoms with van der Waals surface area (Å²) in [6, 6.07) is 14.9. The molecule has 2 aromatic carbocycles. The average molecular weight is 359 g/mol. The largest absolute Gasteiger partial charge is 0.350 e. The maximum absolute atomic E-state index is 12.3. The second-order valence-corrected chi connectivity index (χ2v) is 6.64. The lowest BCUT2D eigenvalue weighted by Crippen LogP contribution is -2.31. The summed E-state index contributed by atoms with van der Waals surface area (Å²) < 4.78 is 0. The van der Waals surface area contributed by atoms with E-state index in [2.05, 4.69) is 10.6 Å². The molecule has 0 radical (unpaired) electrons. The second kappa shape index (κ2) is 9.23. The van der Waals surface area contributed by atoms with Crippen molar-refractivity contribution in [3.05, 3.63) is 64.7 Å². The molecule has 2 rings (SSSR count). The van der Waals surface area contributed by atoms with Crippen molar-refractivity contribution in [2.75, 3.05) is 5.32 Å². The Balaban J connectivity index is 1.97. The first kappa shape index (κ1) is 19.0. The predicted molar refractivity (Wildman–Crippen MR) is 102 cm³/mol. The third-order valence-corrected chi connectivity index (χ3v) is 3.87. The molecule has 0 aliphatic heterocycles. The van der Waals surface area contributed by atoms with Gasteiger partial charge in [-0.05, 0) is 50.5 Å². The minimum atomic E-state index is -0.230. The minimum absolute atomic E-state index is 0.0117. The SMILES string of the molecule is CC(C)NC(=O)c1ccc(Cl)cc1NC(=O)CCCc1ccccc1. The summed E-state index contributed by atoms with van der Waals surface area (Å²) in [7, 11) is 0. The quantitative estimate of drug-likeness (QED) is 0.768. The summed E-state index contributed by atoms with van der Waals surface area (Å²) in [6.45, 7) is 3.77. The molecule has 0 aromatic heterocycles. The van der Waals surface area contributed by atoms with Gasteiger partial charge in [0.05, 0.1) is 11.3 Å². The van der Waals surface area contributed by atoms with Gasteiger partial charge in [-0.15, -0.1) is 0 Å². The Morgan fingerprint density at radius 1 is 1.08 bits per heavy atom. The van der Waals surface area contributed by atoms with Gasteiger partial charge in [-0.25, -0.2) is 0 Å². The minimum Gasteiger partial charge on any atom is -0.350 e. The van der Waals surface area contributed by atoms with Crippen LogP contribution in [0.4, 0.5) is 5.69 Å². The van der Waals surface area contributed by atoms with E-state index in [1.165, 1.54) is 5.56 Å². The first-order valence-electron chi connectivity index (χ1n) is 8.40. The highest BCUT2D eigenvalue weighted by Crippen LogP contribution is 2.22. The zero-order valence-electron chi connectivity index (χ0n) is 14.5. The highest BCUT2D eigenvalue weighted by Gasteiger charge is 2.14. The zero-order valence-corrected chi connectivity index (χ0v) is 15.3. The van der Waals surface area contributed by atoms with E-state index in [9.17, 15) is 9.59 Å². The number of halogens is 1. The Bertz CT molecular complexity index is 730. The molecule has 0 spiro atoms. The van der Waals surface area contributed by atoms with E-state index >= 15 is 0 Å². The highest BCUT2D eigenvalue weighted by molar-refractivity contribution is 6.31. The van der Waals surface area contributed by atoms with E-state index in [0.717, 1.165) is 12.8 Å². The number of carbonyl (C=O) groups excluding carboxylic acids is 2. The summed E-state index contributed by atoms with van der Waals surface area (Å²) in [5.41, 5.74) is 2.06. The lowest BCUT2D eigenvalue weighted by Gasteiger charge is -2.13. The van der Waals surface area contributed by atoms with Crippen molar-refractivity contribution in [3.63, 3.8) is 0 Å². The molecule has 2 aromatic rings. The van der Waals surface area contributed by atoms with Crippen LogP contribution in [-0.4, -0.2) is 17.9 Å². The smallest absolute Gasteiger partial charge is 0.253 e. The van der Waals surface area contributed by atoms with Crippen molar-refractivity contribution in [1.82, 2.24) is 5.32 Å². The normalized spacial score (nSPS) is 10.6. The van der Waals surface area contributed by atoms with Gasteiger partial charge in [0.2, 0.25) is 5.91 Å². The van der Waals surface area contributed by atoms with Crippen molar-refractivity contribution in [2.45, 2.75) is 39.2 Å². The third-order valence-electron chi connectivity index (χ3n) is 3.63.